The molecule has 0 aliphatic carbocycles. The SMILES string of the molecule is CNCC(=O)c1cccc(OC(C)=CCBr)c1. The number of ether oxygens (including phenoxy) is 1. The summed E-state index contributed by atoms with van der Waals surface area (Å²) in [7, 11) is 1.75. The summed E-state index contributed by atoms with van der Waals surface area (Å²) in [5.74, 6) is 1.54. The number of benzene rings is 1. The molecule has 0 unspecified atom stereocenters. The van der Waals surface area contributed by atoms with E-state index in [1.165, 1.54) is 0 Å². The monoisotopic (exact) mass is 297 g/mol. The highest BCUT2D eigenvalue weighted by Gasteiger charge is 2.05. The molecule has 4 heteroatoms. The van der Waals surface area contributed by atoms with Gasteiger partial charge < -0.3 is 10.1 Å². The van der Waals surface area contributed by atoms with E-state index in [4.69, 9.17) is 4.74 Å². The Hall–Kier alpha value is -1.13. The van der Waals surface area contributed by atoms with E-state index in [1.54, 1.807) is 19.2 Å². The molecule has 1 N–H and O–H groups in total. The third kappa shape index (κ3) is 4.71. The highest BCUT2D eigenvalue weighted by molar-refractivity contribution is 9.09. The first-order valence-electron chi connectivity index (χ1n) is 5.36. The molecule has 0 atom stereocenters. The number of ketones is 1. The van der Waals surface area contributed by atoms with Gasteiger partial charge in [-0.3, -0.25) is 4.79 Å². The van der Waals surface area contributed by atoms with E-state index in [0.29, 0.717) is 17.9 Å². The van der Waals surface area contributed by atoms with Gasteiger partial charge in [0.05, 0.1) is 12.3 Å². The maximum atomic E-state index is 11.7. The molecule has 0 heterocycles. The number of allylic oxidation sites excluding steroid dienone is 2. The Morgan fingerprint density at radius 1 is 1.53 bits per heavy atom. The number of likely N-dealkylation sites (N-methyl/N-ethyl adjacent to an activating group) is 1. The Kier molecular flexibility index (Phi) is 5.94. The van der Waals surface area contributed by atoms with Gasteiger partial charge in [-0.15, -0.1) is 0 Å². The van der Waals surface area contributed by atoms with Crippen molar-refractivity contribution in [2.75, 3.05) is 18.9 Å². The number of rotatable bonds is 6. The summed E-state index contributed by atoms with van der Waals surface area (Å²) in [6, 6.07) is 7.20. The summed E-state index contributed by atoms with van der Waals surface area (Å²) in [4.78, 5) is 11.7. The van der Waals surface area contributed by atoms with Crippen molar-refractivity contribution >= 4 is 21.7 Å². The summed E-state index contributed by atoms with van der Waals surface area (Å²) in [5.41, 5.74) is 0.656. The molecule has 0 fully saturated rings. The Morgan fingerprint density at radius 3 is 2.94 bits per heavy atom. The number of halogens is 1. The van der Waals surface area contributed by atoms with Crippen LogP contribution in [0.4, 0.5) is 0 Å². The summed E-state index contributed by atoms with van der Waals surface area (Å²) in [5, 5.41) is 3.59. The Balaban J connectivity index is 2.79. The van der Waals surface area contributed by atoms with Gasteiger partial charge in [-0.1, -0.05) is 28.1 Å². The minimum atomic E-state index is 0.0556. The lowest BCUT2D eigenvalue weighted by Crippen LogP contribution is -2.18. The lowest BCUT2D eigenvalue weighted by atomic mass is 10.1. The number of Topliss-reactive ketones (excluding diaryl/α,β-unsaturated/α-hetero) is 1. The maximum absolute atomic E-state index is 11.7. The van der Waals surface area contributed by atoms with Gasteiger partial charge in [0.2, 0.25) is 0 Å². The molecule has 0 bridgehead atoms. The molecule has 0 radical (unpaired) electrons. The van der Waals surface area contributed by atoms with Gasteiger partial charge >= 0.3 is 0 Å². The van der Waals surface area contributed by atoms with Gasteiger partial charge in [0, 0.05) is 10.9 Å². The zero-order chi connectivity index (χ0) is 12.7. The third-order valence-corrected chi connectivity index (χ3v) is 2.46. The van der Waals surface area contributed by atoms with Crippen molar-refractivity contribution in [2.24, 2.45) is 0 Å². The van der Waals surface area contributed by atoms with Crippen LogP contribution >= 0.6 is 15.9 Å². The van der Waals surface area contributed by atoms with Crippen LogP contribution in [-0.2, 0) is 0 Å². The first kappa shape index (κ1) is 13.9. The molecule has 3 nitrogen and oxygen atoms in total. The highest BCUT2D eigenvalue weighted by Crippen LogP contribution is 2.16. The average Bonchev–Trinajstić information content (AvgIpc) is 2.30. The van der Waals surface area contributed by atoms with Crippen LogP contribution in [-0.4, -0.2) is 24.7 Å². The van der Waals surface area contributed by atoms with Crippen molar-refractivity contribution in [2.45, 2.75) is 6.92 Å². The second-order valence-corrected chi connectivity index (χ2v) is 4.20. The molecule has 0 saturated heterocycles. The smallest absolute Gasteiger partial charge is 0.176 e. The quantitative estimate of drug-likeness (QED) is 0.498. The van der Waals surface area contributed by atoms with Crippen LogP contribution in [0, 0.1) is 0 Å². The first-order chi connectivity index (χ1) is 8.17. The average molecular weight is 298 g/mol. The number of hydrogen-bond acceptors (Lipinski definition) is 3. The maximum Gasteiger partial charge on any atom is 0.176 e. The standard InChI is InChI=1S/C13H16BrNO2/c1-10(6-7-14)17-12-5-3-4-11(8-12)13(16)9-15-2/h3-6,8,15H,7,9H2,1-2H3. The lowest BCUT2D eigenvalue weighted by molar-refractivity contribution is 0.0993. The molecular weight excluding hydrogens is 282 g/mol. The van der Waals surface area contributed by atoms with Crippen molar-refractivity contribution in [3.63, 3.8) is 0 Å². The fourth-order valence-electron chi connectivity index (χ4n) is 1.33. The normalized spacial score (nSPS) is 11.4. The van der Waals surface area contributed by atoms with E-state index < -0.39 is 0 Å². The molecule has 0 spiro atoms. The fraction of sp³-hybridized carbons (Fsp3) is 0.308. The zero-order valence-electron chi connectivity index (χ0n) is 10.00. The van der Waals surface area contributed by atoms with E-state index in [9.17, 15) is 4.79 Å². The Bertz CT molecular complexity index is 416. The van der Waals surface area contributed by atoms with Crippen LogP contribution in [0.2, 0.25) is 0 Å². The summed E-state index contributed by atoms with van der Waals surface area (Å²) >= 11 is 3.30. The van der Waals surface area contributed by atoms with Crippen LogP contribution in [0.5, 0.6) is 5.75 Å². The van der Waals surface area contributed by atoms with Crippen molar-refractivity contribution in [3.05, 3.63) is 41.7 Å². The second-order valence-electron chi connectivity index (χ2n) is 3.55. The van der Waals surface area contributed by atoms with E-state index in [2.05, 4.69) is 21.2 Å². The van der Waals surface area contributed by atoms with Gasteiger partial charge in [-0.2, -0.15) is 0 Å². The zero-order valence-corrected chi connectivity index (χ0v) is 11.6. The number of hydrogen-bond donors (Lipinski definition) is 1. The lowest BCUT2D eigenvalue weighted by Gasteiger charge is -2.07. The molecule has 17 heavy (non-hydrogen) atoms. The van der Waals surface area contributed by atoms with Gasteiger partial charge in [-0.25, -0.2) is 0 Å². The topological polar surface area (TPSA) is 38.3 Å². The molecule has 0 saturated carbocycles. The van der Waals surface area contributed by atoms with E-state index >= 15 is 0 Å². The van der Waals surface area contributed by atoms with E-state index in [0.717, 1.165) is 11.1 Å². The predicted molar refractivity (Wildman–Crippen MR) is 72.9 cm³/mol. The minimum Gasteiger partial charge on any atom is -0.462 e. The summed E-state index contributed by atoms with van der Waals surface area (Å²) in [6.45, 7) is 2.21. The minimum absolute atomic E-state index is 0.0556. The van der Waals surface area contributed by atoms with Crippen molar-refractivity contribution in [3.8, 4) is 5.75 Å². The van der Waals surface area contributed by atoms with Crippen LogP contribution in [0.25, 0.3) is 0 Å². The summed E-state index contributed by atoms with van der Waals surface area (Å²) < 4.78 is 5.58. The molecule has 0 aliphatic rings. The Labute approximate surface area is 110 Å². The molecule has 1 aromatic rings. The predicted octanol–water partition coefficient (Wildman–Crippen LogP) is 2.77. The van der Waals surface area contributed by atoms with Crippen LogP contribution in [0.3, 0.4) is 0 Å². The number of carbonyl (C=O) groups excluding carboxylic acids is 1. The van der Waals surface area contributed by atoms with Crippen molar-refractivity contribution in [1.82, 2.24) is 5.32 Å². The van der Waals surface area contributed by atoms with Crippen molar-refractivity contribution < 1.29 is 9.53 Å². The van der Waals surface area contributed by atoms with Gasteiger partial charge in [0.15, 0.2) is 5.78 Å². The second kappa shape index (κ2) is 7.25. The van der Waals surface area contributed by atoms with Crippen LogP contribution < -0.4 is 10.1 Å². The van der Waals surface area contributed by atoms with Gasteiger partial charge in [0.25, 0.3) is 0 Å². The van der Waals surface area contributed by atoms with Gasteiger partial charge in [0.1, 0.15) is 5.75 Å². The molecule has 0 amide bonds. The van der Waals surface area contributed by atoms with E-state index in [1.807, 2.05) is 25.1 Å². The molecule has 1 rings (SSSR count). The largest absolute Gasteiger partial charge is 0.462 e. The molecule has 1 aromatic carbocycles. The van der Waals surface area contributed by atoms with Crippen molar-refractivity contribution in [1.29, 1.82) is 0 Å². The fourth-order valence-corrected chi connectivity index (χ4v) is 1.79. The van der Waals surface area contributed by atoms with E-state index in [-0.39, 0.29) is 5.78 Å². The van der Waals surface area contributed by atoms with Gasteiger partial charge in [-0.05, 0) is 32.2 Å². The number of carbonyl (C=O) groups is 1. The molecule has 0 aliphatic heterocycles. The number of nitrogens with one attached hydrogen (secondary N) is 1. The summed E-state index contributed by atoms with van der Waals surface area (Å²) in [6.07, 6.45) is 1.92. The third-order valence-electron chi connectivity index (χ3n) is 2.14. The number of alkyl halides is 1. The van der Waals surface area contributed by atoms with Crippen LogP contribution in [0.1, 0.15) is 17.3 Å². The first-order valence-corrected chi connectivity index (χ1v) is 6.48. The molecular formula is C13H16BrNO2. The highest BCUT2D eigenvalue weighted by atomic mass is 79.9. The molecule has 0 aromatic heterocycles. The van der Waals surface area contributed by atoms with Crippen LogP contribution in [0.15, 0.2) is 36.1 Å². The molecule has 92 valence electrons. The Morgan fingerprint density at radius 2 is 2.29 bits per heavy atom.